The van der Waals surface area contributed by atoms with Crippen molar-refractivity contribution in [2.75, 3.05) is 5.32 Å². The van der Waals surface area contributed by atoms with Crippen LogP contribution in [0.1, 0.15) is 23.0 Å². The van der Waals surface area contributed by atoms with Gasteiger partial charge >= 0.3 is 0 Å². The predicted octanol–water partition coefficient (Wildman–Crippen LogP) is 5.14. The first-order valence-corrected chi connectivity index (χ1v) is 7.60. The van der Waals surface area contributed by atoms with Crippen LogP contribution in [0.5, 0.6) is 0 Å². The van der Waals surface area contributed by atoms with Crippen LogP contribution in [0.3, 0.4) is 0 Å². The summed E-state index contributed by atoms with van der Waals surface area (Å²) in [6, 6.07) is 5.23. The molecule has 0 fully saturated rings. The van der Waals surface area contributed by atoms with Crippen LogP contribution in [0.15, 0.2) is 28.9 Å². The Balaban J connectivity index is 2.30. The number of aryl methyl sites for hydroxylation is 2. The highest BCUT2D eigenvalue weighted by molar-refractivity contribution is 9.10. The highest BCUT2D eigenvalue weighted by Crippen LogP contribution is 2.29. The third kappa shape index (κ3) is 3.19. The molecule has 3 nitrogen and oxygen atoms in total. The number of hydrogen-bond acceptors (Lipinski definition) is 1. The molecule has 0 bridgehead atoms. The molecule has 0 aliphatic carbocycles. The monoisotopic (exact) mass is 374 g/mol. The van der Waals surface area contributed by atoms with Crippen molar-refractivity contribution in [1.82, 2.24) is 4.57 Å². The van der Waals surface area contributed by atoms with E-state index in [1.54, 1.807) is 22.9 Å². The number of amides is 1. The number of benzene rings is 1. The van der Waals surface area contributed by atoms with Gasteiger partial charge in [0.05, 0.1) is 10.7 Å². The maximum absolute atomic E-state index is 12.3. The second-order valence-electron chi connectivity index (χ2n) is 4.36. The normalized spacial score (nSPS) is 10.7. The van der Waals surface area contributed by atoms with Gasteiger partial charge in [-0.25, -0.2) is 0 Å². The van der Waals surface area contributed by atoms with E-state index in [2.05, 4.69) is 21.2 Å². The first-order chi connectivity index (χ1) is 9.42. The van der Waals surface area contributed by atoms with Crippen LogP contribution in [0, 0.1) is 6.92 Å². The molecule has 0 saturated carbocycles. The van der Waals surface area contributed by atoms with E-state index in [4.69, 9.17) is 23.2 Å². The predicted molar refractivity (Wildman–Crippen MR) is 87.0 cm³/mol. The second kappa shape index (κ2) is 6.20. The molecular weight excluding hydrogens is 363 g/mol. The molecule has 1 amide bonds. The molecule has 6 heteroatoms. The standard InChI is InChI=1S/C14H13BrCl2N2O/c1-3-19-7-9(16)5-13(19)14(20)18-12-6-11(17)8(2)4-10(12)15/h4-7H,3H2,1-2H3,(H,18,20). The van der Waals surface area contributed by atoms with Gasteiger partial charge in [-0.05, 0) is 53.5 Å². The number of hydrogen-bond donors (Lipinski definition) is 1. The van der Waals surface area contributed by atoms with E-state index in [9.17, 15) is 4.79 Å². The van der Waals surface area contributed by atoms with Crippen molar-refractivity contribution in [1.29, 1.82) is 0 Å². The number of halogens is 3. The molecule has 0 radical (unpaired) electrons. The number of aromatic nitrogens is 1. The van der Waals surface area contributed by atoms with E-state index in [1.165, 1.54) is 0 Å². The summed E-state index contributed by atoms with van der Waals surface area (Å²) in [6.45, 7) is 4.53. The zero-order valence-corrected chi connectivity index (χ0v) is 14.1. The van der Waals surface area contributed by atoms with Gasteiger partial charge in [-0.3, -0.25) is 4.79 Å². The number of nitrogens with zero attached hydrogens (tertiary/aromatic N) is 1. The van der Waals surface area contributed by atoms with Crippen LogP contribution in [-0.4, -0.2) is 10.5 Å². The number of carbonyl (C=O) groups excluding carboxylic acids is 1. The molecule has 0 unspecified atom stereocenters. The van der Waals surface area contributed by atoms with Crippen molar-refractivity contribution in [3.05, 3.63) is 50.2 Å². The van der Waals surface area contributed by atoms with Crippen molar-refractivity contribution in [2.45, 2.75) is 20.4 Å². The van der Waals surface area contributed by atoms with Crippen molar-refractivity contribution in [3.63, 3.8) is 0 Å². The van der Waals surface area contributed by atoms with Gasteiger partial charge in [0.1, 0.15) is 5.69 Å². The van der Waals surface area contributed by atoms with E-state index in [0.717, 1.165) is 10.0 Å². The number of rotatable bonds is 3. The molecule has 20 heavy (non-hydrogen) atoms. The van der Waals surface area contributed by atoms with Crippen LogP contribution in [0.2, 0.25) is 10.0 Å². The van der Waals surface area contributed by atoms with Gasteiger partial charge < -0.3 is 9.88 Å². The van der Waals surface area contributed by atoms with Crippen LogP contribution >= 0.6 is 39.1 Å². The molecule has 0 aliphatic rings. The average Bonchev–Trinajstić information content (AvgIpc) is 2.77. The molecule has 0 aliphatic heterocycles. The van der Waals surface area contributed by atoms with Gasteiger partial charge in [0.2, 0.25) is 0 Å². The molecular formula is C14H13BrCl2N2O. The lowest BCUT2D eigenvalue weighted by molar-refractivity contribution is 0.101. The summed E-state index contributed by atoms with van der Waals surface area (Å²) in [5.74, 6) is -0.223. The molecule has 1 aromatic carbocycles. The summed E-state index contributed by atoms with van der Waals surface area (Å²) in [5, 5.41) is 3.98. The summed E-state index contributed by atoms with van der Waals surface area (Å²) in [7, 11) is 0. The lowest BCUT2D eigenvalue weighted by atomic mass is 10.2. The first kappa shape index (κ1) is 15.4. The summed E-state index contributed by atoms with van der Waals surface area (Å²) >= 11 is 15.4. The van der Waals surface area contributed by atoms with E-state index in [-0.39, 0.29) is 5.91 Å². The Labute approximate surface area is 136 Å². The Morgan fingerprint density at radius 2 is 2.05 bits per heavy atom. The fourth-order valence-electron chi connectivity index (χ4n) is 1.86. The summed E-state index contributed by atoms with van der Waals surface area (Å²) < 4.78 is 2.58. The van der Waals surface area contributed by atoms with E-state index >= 15 is 0 Å². The quantitative estimate of drug-likeness (QED) is 0.791. The maximum Gasteiger partial charge on any atom is 0.272 e. The summed E-state index contributed by atoms with van der Waals surface area (Å²) in [6.07, 6.45) is 1.73. The van der Waals surface area contributed by atoms with Crippen molar-refractivity contribution >= 4 is 50.7 Å². The van der Waals surface area contributed by atoms with Crippen molar-refractivity contribution in [2.24, 2.45) is 0 Å². The molecule has 1 aromatic heterocycles. The van der Waals surface area contributed by atoms with Gasteiger partial charge in [-0.15, -0.1) is 0 Å². The van der Waals surface area contributed by atoms with Crippen LogP contribution in [0.25, 0.3) is 0 Å². The van der Waals surface area contributed by atoms with E-state index < -0.39 is 0 Å². The lowest BCUT2D eigenvalue weighted by Gasteiger charge is -2.11. The smallest absolute Gasteiger partial charge is 0.272 e. The molecule has 0 spiro atoms. The van der Waals surface area contributed by atoms with Gasteiger partial charge in [-0.1, -0.05) is 23.2 Å². The van der Waals surface area contributed by atoms with E-state index in [0.29, 0.717) is 28.0 Å². The molecule has 106 valence electrons. The molecule has 0 saturated heterocycles. The Morgan fingerprint density at radius 1 is 1.35 bits per heavy atom. The minimum atomic E-state index is -0.223. The fraction of sp³-hybridized carbons (Fsp3) is 0.214. The van der Waals surface area contributed by atoms with E-state index in [1.807, 2.05) is 19.9 Å². The summed E-state index contributed by atoms with van der Waals surface area (Å²) in [5.41, 5.74) is 2.09. The molecule has 2 rings (SSSR count). The molecule has 0 atom stereocenters. The number of carbonyl (C=O) groups is 1. The lowest BCUT2D eigenvalue weighted by Crippen LogP contribution is -2.16. The van der Waals surface area contributed by atoms with Crippen molar-refractivity contribution < 1.29 is 4.79 Å². The molecule has 1 heterocycles. The highest BCUT2D eigenvalue weighted by atomic mass is 79.9. The topological polar surface area (TPSA) is 34.0 Å². The SMILES string of the molecule is CCn1cc(Cl)cc1C(=O)Nc1cc(Cl)c(C)cc1Br. The van der Waals surface area contributed by atoms with Crippen LogP contribution in [0.4, 0.5) is 5.69 Å². The maximum atomic E-state index is 12.3. The van der Waals surface area contributed by atoms with Gasteiger partial charge in [0.25, 0.3) is 5.91 Å². The fourth-order valence-corrected chi connectivity index (χ4v) is 2.80. The van der Waals surface area contributed by atoms with Crippen LogP contribution in [-0.2, 0) is 6.54 Å². The Morgan fingerprint density at radius 3 is 2.70 bits per heavy atom. The largest absolute Gasteiger partial charge is 0.342 e. The Bertz CT molecular complexity index is 667. The molecule has 2 aromatic rings. The Kier molecular flexibility index (Phi) is 4.78. The zero-order valence-electron chi connectivity index (χ0n) is 11.0. The average molecular weight is 376 g/mol. The third-order valence-electron chi connectivity index (χ3n) is 2.93. The highest BCUT2D eigenvalue weighted by Gasteiger charge is 2.14. The molecule has 1 N–H and O–H groups in total. The van der Waals surface area contributed by atoms with Crippen LogP contribution < -0.4 is 5.32 Å². The minimum absolute atomic E-state index is 0.223. The first-order valence-electron chi connectivity index (χ1n) is 6.05. The zero-order chi connectivity index (χ0) is 14.9. The number of nitrogens with one attached hydrogen (secondary N) is 1. The minimum Gasteiger partial charge on any atom is -0.342 e. The van der Waals surface area contributed by atoms with Gasteiger partial charge in [0.15, 0.2) is 0 Å². The second-order valence-corrected chi connectivity index (χ2v) is 6.06. The van der Waals surface area contributed by atoms with Gasteiger partial charge in [-0.2, -0.15) is 0 Å². The third-order valence-corrected chi connectivity index (χ3v) is 4.20. The Hall–Kier alpha value is -0.970. The summed E-state index contributed by atoms with van der Waals surface area (Å²) in [4.78, 5) is 12.3. The van der Waals surface area contributed by atoms with Gasteiger partial charge in [0, 0.05) is 22.2 Å². The number of anilines is 1. The van der Waals surface area contributed by atoms with Crippen molar-refractivity contribution in [3.8, 4) is 0 Å².